The quantitative estimate of drug-likeness (QED) is 0.591. The Labute approximate surface area is 131 Å². The Morgan fingerprint density at radius 1 is 0.955 bits per heavy atom. The molecule has 0 heterocycles. The molecule has 2 aromatic carbocycles. The van der Waals surface area contributed by atoms with E-state index >= 15 is 0 Å². The van der Waals surface area contributed by atoms with Crippen molar-refractivity contribution in [1.29, 1.82) is 0 Å². The van der Waals surface area contributed by atoms with Crippen LogP contribution in [0.3, 0.4) is 0 Å². The van der Waals surface area contributed by atoms with Crippen molar-refractivity contribution in [3.8, 4) is 11.5 Å². The second-order valence-corrected chi connectivity index (χ2v) is 5.34. The third kappa shape index (κ3) is 4.62. The van der Waals surface area contributed by atoms with Gasteiger partial charge in [0.25, 0.3) is 0 Å². The number of benzene rings is 2. The molecule has 3 nitrogen and oxygen atoms in total. The standard InChI is InChI=1S/C19H22O3/c1-4-21-18-13-15(3)7-11-17(18)22-19(20)12-10-16-8-5-14(2)6-9-16/h5-9,11,13H,4,10,12H2,1-3H3. The first-order chi connectivity index (χ1) is 10.6. The van der Waals surface area contributed by atoms with Crippen LogP contribution in [-0.4, -0.2) is 12.6 Å². The lowest BCUT2D eigenvalue weighted by molar-refractivity contribution is -0.134. The molecule has 2 aromatic rings. The minimum atomic E-state index is -0.245. The monoisotopic (exact) mass is 298 g/mol. The SMILES string of the molecule is CCOc1cc(C)ccc1OC(=O)CCc1ccc(C)cc1. The summed E-state index contributed by atoms with van der Waals surface area (Å²) in [5.74, 6) is 0.859. The smallest absolute Gasteiger partial charge is 0.311 e. The summed E-state index contributed by atoms with van der Waals surface area (Å²) in [5.41, 5.74) is 3.42. The van der Waals surface area contributed by atoms with Crippen molar-refractivity contribution in [2.24, 2.45) is 0 Å². The molecule has 0 aliphatic heterocycles. The zero-order valence-electron chi connectivity index (χ0n) is 13.4. The van der Waals surface area contributed by atoms with Gasteiger partial charge >= 0.3 is 5.97 Å². The molecule has 0 aliphatic rings. The highest BCUT2D eigenvalue weighted by molar-refractivity contribution is 5.73. The van der Waals surface area contributed by atoms with Crippen LogP contribution in [0.25, 0.3) is 0 Å². The second-order valence-electron chi connectivity index (χ2n) is 5.34. The third-order valence-electron chi connectivity index (χ3n) is 3.36. The Hall–Kier alpha value is -2.29. The molecule has 0 saturated carbocycles. The molecule has 0 spiro atoms. The van der Waals surface area contributed by atoms with Gasteiger partial charge in [-0.3, -0.25) is 4.79 Å². The van der Waals surface area contributed by atoms with Gasteiger partial charge in [-0.25, -0.2) is 0 Å². The van der Waals surface area contributed by atoms with Gasteiger partial charge in [0.05, 0.1) is 6.61 Å². The van der Waals surface area contributed by atoms with Crippen molar-refractivity contribution >= 4 is 5.97 Å². The zero-order valence-corrected chi connectivity index (χ0v) is 13.4. The van der Waals surface area contributed by atoms with Gasteiger partial charge in [-0.2, -0.15) is 0 Å². The van der Waals surface area contributed by atoms with Gasteiger partial charge in [0.15, 0.2) is 11.5 Å². The first kappa shape index (κ1) is 16.1. The average molecular weight is 298 g/mol. The van der Waals surface area contributed by atoms with Gasteiger partial charge in [0.2, 0.25) is 0 Å². The van der Waals surface area contributed by atoms with Crippen molar-refractivity contribution in [2.45, 2.75) is 33.6 Å². The van der Waals surface area contributed by atoms with Crippen molar-refractivity contribution in [3.05, 3.63) is 59.2 Å². The van der Waals surface area contributed by atoms with Crippen LogP contribution in [0.15, 0.2) is 42.5 Å². The number of aryl methyl sites for hydroxylation is 3. The van der Waals surface area contributed by atoms with E-state index in [1.54, 1.807) is 6.07 Å². The maximum absolute atomic E-state index is 12.0. The maximum Gasteiger partial charge on any atom is 0.311 e. The Balaban J connectivity index is 1.95. The average Bonchev–Trinajstić information content (AvgIpc) is 2.50. The molecule has 0 saturated heterocycles. The molecule has 0 fully saturated rings. The van der Waals surface area contributed by atoms with Crippen molar-refractivity contribution in [1.82, 2.24) is 0 Å². The minimum absolute atomic E-state index is 0.245. The third-order valence-corrected chi connectivity index (χ3v) is 3.36. The number of carbonyl (C=O) groups excluding carboxylic acids is 1. The zero-order chi connectivity index (χ0) is 15.9. The van der Waals surface area contributed by atoms with Gasteiger partial charge in [-0.15, -0.1) is 0 Å². The summed E-state index contributed by atoms with van der Waals surface area (Å²) >= 11 is 0. The van der Waals surface area contributed by atoms with Crippen LogP contribution in [-0.2, 0) is 11.2 Å². The van der Waals surface area contributed by atoms with E-state index < -0.39 is 0 Å². The van der Waals surface area contributed by atoms with E-state index in [0.717, 1.165) is 11.1 Å². The molecule has 0 radical (unpaired) electrons. The van der Waals surface area contributed by atoms with E-state index in [1.807, 2.05) is 57.2 Å². The Morgan fingerprint density at radius 3 is 2.32 bits per heavy atom. The molecule has 0 unspecified atom stereocenters. The summed E-state index contributed by atoms with van der Waals surface area (Å²) in [4.78, 5) is 12.0. The largest absolute Gasteiger partial charge is 0.490 e. The van der Waals surface area contributed by atoms with E-state index in [-0.39, 0.29) is 5.97 Å². The van der Waals surface area contributed by atoms with Crippen molar-refractivity contribution < 1.29 is 14.3 Å². The summed E-state index contributed by atoms with van der Waals surface area (Å²) < 4.78 is 11.0. The number of esters is 1. The fourth-order valence-electron chi connectivity index (χ4n) is 2.14. The summed E-state index contributed by atoms with van der Waals surface area (Å²) in [6.07, 6.45) is 1.03. The minimum Gasteiger partial charge on any atom is -0.490 e. The van der Waals surface area contributed by atoms with E-state index in [2.05, 4.69) is 0 Å². The highest BCUT2D eigenvalue weighted by Crippen LogP contribution is 2.28. The predicted octanol–water partition coefficient (Wildman–Crippen LogP) is 4.24. The molecule has 22 heavy (non-hydrogen) atoms. The molecule has 2 rings (SSSR count). The van der Waals surface area contributed by atoms with Crippen LogP contribution in [0.2, 0.25) is 0 Å². The van der Waals surface area contributed by atoms with Crippen LogP contribution in [0.5, 0.6) is 11.5 Å². The van der Waals surface area contributed by atoms with Gasteiger partial charge in [0, 0.05) is 6.42 Å². The van der Waals surface area contributed by atoms with Gasteiger partial charge in [0.1, 0.15) is 0 Å². The van der Waals surface area contributed by atoms with Crippen LogP contribution < -0.4 is 9.47 Å². The molecule has 0 N–H and O–H groups in total. The van der Waals surface area contributed by atoms with E-state index in [1.165, 1.54) is 5.56 Å². The normalized spacial score (nSPS) is 10.3. The number of rotatable bonds is 6. The molecule has 0 aliphatic carbocycles. The van der Waals surface area contributed by atoms with Crippen molar-refractivity contribution in [3.63, 3.8) is 0 Å². The maximum atomic E-state index is 12.0. The van der Waals surface area contributed by atoms with Crippen LogP contribution in [0.1, 0.15) is 30.0 Å². The summed E-state index contributed by atoms with van der Waals surface area (Å²) in [5, 5.41) is 0. The highest BCUT2D eigenvalue weighted by Gasteiger charge is 2.11. The van der Waals surface area contributed by atoms with Crippen LogP contribution in [0.4, 0.5) is 0 Å². The van der Waals surface area contributed by atoms with Gasteiger partial charge < -0.3 is 9.47 Å². The Kier molecular flexibility index (Phi) is 5.59. The van der Waals surface area contributed by atoms with Gasteiger partial charge in [-0.05, 0) is 50.5 Å². The Morgan fingerprint density at radius 2 is 1.64 bits per heavy atom. The topological polar surface area (TPSA) is 35.5 Å². The van der Waals surface area contributed by atoms with E-state index in [4.69, 9.17) is 9.47 Å². The van der Waals surface area contributed by atoms with Crippen LogP contribution >= 0.6 is 0 Å². The lowest BCUT2D eigenvalue weighted by Gasteiger charge is -2.11. The van der Waals surface area contributed by atoms with E-state index in [0.29, 0.717) is 30.9 Å². The summed E-state index contributed by atoms with van der Waals surface area (Å²) in [6.45, 7) is 6.47. The fourth-order valence-corrected chi connectivity index (χ4v) is 2.14. The molecule has 0 aromatic heterocycles. The number of hydrogen-bond donors (Lipinski definition) is 0. The highest BCUT2D eigenvalue weighted by atomic mass is 16.6. The lowest BCUT2D eigenvalue weighted by Crippen LogP contribution is -2.10. The van der Waals surface area contributed by atoms with Gasteiger partial charge in [-0.1, -0.05) is 35.9 Å². The van der Waals surface area contributed by atoms with E-state index in [9.17, 15) is 4.79 Å². The van der Waals surface area contributed by atoms with Crippen LogP contribution in [0, 0.1) is 13.8 Å². The number of hydrogen-bond acceptors (Lipinski definition) is 3. The number of ether oxygens (including phenoxy) is 2. The second kappa shape index (κ2) is 7.64. The molecule has 0 atom stereocenters. The predicted molar refractivity (Wildman–Crippen MR) is 87.5 cm³/mol. The first-order valence-electron chi connectivity index (χ1n) is 7.58. The molecule has 116 valence electrons. The first-order valence-corrected chi connectivity index (χ1v) is 7.58. The fraction of sp³-hybridized carbons (Fsp3) is 0.316. The van der Waals surface area contributed by atoms with Crippen molar-refractivity contribution in [2.75, 3.05) is 6.61 Å². The molecule has 0 amide bonds. The lowest BCUT2D eigenvalue weighted by atomic mass is 10.1. The Bertz CT molecular complexity index is 630. The molecule has 0 bridgehead atoms. The molecular weight excluding hydrogens is 276 g/mol. The molecule has 3 heteroatoms. The molecular formula is C19H22O3. The summed E-state index contributed by atoms with van der Waals surface area (Å²) in [6, 6.07) is 13.8. The summed E-state index contributed by atoms with van der Waals surface area (Å²) in [7, 11) is 0. The number of carbonyl (C=O) groups is 1.